The van der Waals surface area contributed by atoms with Crippen LogP contribution in [-0.4, -0.2) is 34.0 Å². The number of hydrogen-bond donors (Lipinski definition) is 2. The fourth-order valence-electron chi connectivity index (χ4n) is 13.2. The first-order valence-electron chi connectivity index (χ1n) is 19.1. The van der Waals surface area contributed by atoms with Crippen molar-refractivity contribution in [1.82, 2.24) is 10.3 Å². The van der Waals surface area contributed by atoms with Crippen molar-refractivity contribution in [3.8, 4) is 0 Å². The van der Waals surface area contributed by atoms with Crippen molar-refractivity contribution in [2.75, 3.05) is 0 Å². The van der Waals surface area contributed by atoms with Crippen LogP contribution < -0.4 is 5.32 Å². The van der Waals surface area contributed by atoms with E-state index in [1.54, 1.807) is 20.0 Å². The Morgan fingerprint density at radius 1 is 0.939 bits per heavy atom. The number of aromatic nitrogens is 1. The van der Waals surface area contributed by atoms with Crippen molar-refractivity contribution < 1.29 is 24.2 Å². The number of carbonyl (C=O) groups is 3. The number of fused-ring (bicyclic) bond motifs is 7. The highest BCUT2D eigenvalue weighted by Gasteiger charge is 2.72. The van der Waals surface area contributed by atoms with Gasteiger partial charge in [-0.25, -0.2) is 0 Å². The fourth-order valence-corrected chi connectivity index (χ4v) is 13.2. The van der Waals surface area contributed by atoms with Gasteiger partial charge in [-0.2, -0.15) is 0 Å². The summed E-state index contributed by atoms with van der Waals surface area (Å²) in [5, 5.41) is 12.9. The molecule has 7 heteroatoms. The SMILES string of the molecule is C=C(C)C1CCC2(C(=O)NCc3ccccn3)CC[C@]3(C)C(CCC4C5(C)CCC(OC(=O)CC(C)(C)C(=O)O)C(C)(C)C5CCC43C)C12. The third-order valence-electron chi connectivity index (χ3n) is 16.1. The summed E-state index contributed by atoms with van der Waals surface area (Å²) < 4.78 is 6.16. The van der Waals surface area contributed by atoms with Gasteiger partial charge >= 0.3 is 11.9 Å². The maximum Gasteiger partial charge on any atom is 0.309 e. The molecule has 0 radical (unpaired) electrons. The molecule has 1 aromatic rings. The molecule has 2 N–H and O–H groups in total. The quantitative estimate of drug-likeness (QED) is 0.211. The van der Waals surface area contributed by atoms with E-state index in [1.807, 2.05) is 18.2 Å². The molecule has 0 spiro atoms. The van der Waals surface area contributed by atoms with Crippen LogP contribution in [0, 0.1) is 62.1 Å². The van der Waals surface area contributed by atoms with E-state index in [-0.39, 0.29) is 45.5 Å². The van der Waals surface area contributed by atoms with E-state index < -0.39 is 17.4 Å². The average molecular weight is 675 g/mol. The summed E-state index contributed by atoms with van der Waals surface area (Å²) in [5.74, 6) is 0.941. The largest absolute Gasteiger partial charge is 0.481 e. The van der Waals surface area contributed by atoms with Crippen LogP contribution >= 0.6 is 0 Å². The van der Waals surface area contributed by atoms with Crippen molar-refractivity contribution in [3.05, 3.63) is 42.2 Å². The van der Waals surface area contributed by atoms with E-state index in [4.69, 9.17) is 4.74 Å². The van der Waals surface area contributed by atoms with Crippen LogP contribution in [0.25, 0.3) is 0 Å². The lowest BCUT2D eigenvalue weighted by atomic mass is 9.32. The second-order valence-corrected chi connectivity index (χ2v) is 19.0. The van der Waals surface area contributed by atoms with Crippen molar-refractivity contribution in [3.63, 3.8) is 0 Å². The first-order valence-corrected chi connectivity index (χ1v) is 19.1. The molecule has 0 bridgehead atoms. The second kappa shape index (κ2) is 12.2. The lowest BCUT2D eigenvalue weighted by Crippen LogP contribution is -2.67. The van der Waals surface area contributed by atoms with Gasteiger partial charge < -0.3 is 15.2 Å². The number of ether oxygens (including phenoxy) is 1. The van der Waals surface area contributed by atoms with Crippen LogP contribution in [0.5, 0.6) is 0 Å². The van der Waals surface area contributed by atoms with E-state index in [0.717, 1.165) is 63.5 Å². The summed E-state index contributed by atoms with van der Waals surface area (Å²) in [6.45, 7) is 22.7. The lowest BCUT2D eigenvalue weighted by Gasteiger charge is -2.72. The van der Waals surface area contributed by atoms with Crippen LogP contribution in [-0.2, 0) is 25.7 Å². The van der Waals surface area contributed by atoms with Crippen molar-refractivity contribution in [1.29, 1.82) is 0 Å². The van der Waals surface area contributed by atoms with Gasteiger partial charge in [0, 0.05) is 11.6 Å². The van der Waals surface area contributed by atoms with Gasteiger partial charge in [0.15, 0.2) is 0 Å². The van der Waals surface area contributed by atoms with Gasteiger partial charge in [-0.1, -0.05) is 52.8 Å². The minimum atomic E-state index is -1.15. The zero-order chi connectivity index (χ0) is 35.8. The number of aliphatic carboxylic acids is 1. The first-order chi connectivity index (χ1) is 22.8. The highest BCUT2D eigenvalue weighted by molar-refractivity contribution is 5.84. The normalized spacial score (nSPS) is 40.9. The number of allylic oxidation sites excluding steroid dienone is 1. The monoisotopic (exact) mass is 674 g/mol. The highest BCUT2D eigenvalue weighted by atomic mass is 16.5. The molecule has 1 aromatic heterocycles. The van der Waals surface area contributed by atoms with E-state index in [1.165, 1.54) is 12.0 Å². The number of rotatable bonds is 8. The Balaban J connectivity index is 1.25. The predicted octanol–water partition coefficient (Wildman–Crippen LogP) is 8.77. The van der Waals surface area contributed by atoms with E-state index in [2.05, 4.69) is 58.4 Å². The Kier molecular flexibility index (Phi) is 9.00. The van der Waals surface area contributed by atoms with Gasteiger partial charge in [0.05, 0.1) is 29.5 Å². The number of hydrogen-bond acceptors (Lipinski definition) is 5. The zero-order valence-electron chi connectivity index (χ0n) is 31.5. The van der Waals surface area contributed by atoms with Crippen LogP contribution in [0.2, 0.25) is 0 Å². The number of amides is 1. The number of carboxylic acids is 1. The molecule has 5 fully saturated rings. The van der Waals surface area contributed by atoms with Crippen molar-refractivity contribution in [2.24, 2.45) is 62.1 Å². The lowest BCUT2D eigenvalue weighted by molar-refractivity contribution is -0.249. The van der Waals surface area contributed by atoms with E-state index in [0.29, 0.717) is 36.1 Å². The Bertz CT molecular complexity index is 1490. The Hall–Kier alpha value is -2.70. The molecule has 10 atom stereocenters. The number of carbonyl (C=O) groups excluding carboxylic acids is 2. The standard InChI is InChI=1S/C42H62N2O5/c1-26(2)28-15-20-42(35(46)44-25-27-12-10-11-23-43-27)22-21-40(8)29(34(28)42)13-14-31-39(7)18-17-32(49-33(45)24-37(3,4)36(47)48)38(5,6)30(39)16-19-41(31,40)9/h10-12,23,28-32,34H,1,13-22,24-25H2,2-9H3,(H,44,46)(H,47,48)/t28?,29?,30?,31?,32?,34?,39?,40-,41?,42?/m1/s1. The Labute approximate surface area is 294 Å². The van der Waals surface area contributed by atoms with Gasteiger partial charge in [-0.3, -0.25) is 19.4 Å². The molecule has 5 aliphatic rings. The van der Waals surface area contributed by atoms with Crippen molar-refractivity contribution >= 4 is 17.8 Å². The van der Waals surface area contributed by atoms with Gasteiger partial charge in [-0.15, -0.1) is 0 Å². The van der Waals surface area contributed by atoms with Gasteiger partial charge in [0.2, 0.25) is 5.91 Å². The maximum absolute atomic E-state index is 14.4. The molecule has 0 aromatic carbocycles. The molecule has 0 aliphatic heterocycles. The first kappa shape index (κ1) is 36.1. The molecule has 9 unspecified atom stereocenters. The third-order valence-corrected chi connectivity index (χ3v) is 16.1. The minimum Gasteiger partial charge on any atom is -0.481 e. The second-order valence-electron chi connectivity index (χ2n) is 19.0. The topological polar surface area (TPSA) is 106 Å². The van der Waals surface area contributed by atoms with Crippen molar-refractivity contribution in [2.45, 2.75) is 139 Å². The fraction of sp³-hybridized carbons (Fsp3) is 0.762. The zero-order valence-corrected chi connectivity index (χ0v) is 31.5. The molecule has 49 heavy (non-hydrogen) atoms. The third kappa shape index (κ3) is 5.50. The summed E-state index contributed by atoms with van der Waals surface area (Å²) in [7, 11) is 0. The van der Waals surface area contributed by atoms with E-state index >= 15 is 0 Å². The van der Waals surface area contributed by atoms with Crippen LogP contribution in [0.4, 0.5) is 0 Å². The summed E-state index contributed by atoms with van der Waals surface area (Å²) in [6.07, 6.45) is 11.8. The summed E-state index contributed by atoms with van der Waals surface area (Å²) in [6, 6.07) is 5.87. The number of nitrogens with one attached hydrogen (secondary N) is 1. The van der Waals surface area contributed by atoms with Gasteiger partial charge in [0.25, 0.3) is 0 Å². The van der Waals surface area contributed by atoms with Gasteiger partial charge in [0.1, 0.15) is 6.10 Å². The smallest absolute Gasteiger partial charge is 0.309 e. The summed E-state index contributed by atoms with van der Waals surface area (Å²) >= 11 is 0. The minimum absolute atomic E-state index is 0.117. The molecular weight excluding hydrogens is 612 g/mol. The Morgan fingerprint density at radius 3 is 2.33 bits per heavy atom. The molecule has 7 nitrogen and oxygen atoms in total. The average Bonchev–Trinajstić information content (AvgIpc) is 3.43. The molecular formula is C42H62N2O5. The van der Waals surface area contributed by atoms with Gasteiger partial charge in [-0.05, 0) is 143 Å². The molecule has 5 aliphatic carbocycles. The number of pyridine rings is 1. The highest BCUT2D eigenvalue weighted by Crippen LogP contribution is 2.77. The molecule has 1 amide bonds. The molecule has 6 rings (SSSR count). The molecule has 5 saturated carbocycles. The molecule has 0 saturated heterocycles. The predicted molar refractivity (Wildman–Crippen MR) is 191 cm³/mol. The van der Waals surface area contributed by atoms with Crippen LogP contribution in [0.15, 0.2) is 36.5 Å². The number of carboxylic acid groups (broad SMARTS) is 1. The molecule has 270 valence electrons. The summed E-state index contributed by atoms with van der Waals surface area (Å²) in [4.78, 5) is 43.6. The maximum atomic E-state index is 14.4. The number of nitrogens with zero attached hydrogens (tertiary/aromatic N) is 1. The molecule has 1 heterocycles. The summed E-state index contributed by atoms with van der Waals surface area (Å²) in [5.41, 5.74) is 0.798. The number of esters is 1. The van der Waals surface area contributed by atoms with Crippen LogP contribution in [0.1, 0.15) is 132 Å². The Morgan fingerprint density at radius 2 is 1.67 bits per heavy atom. The van der Waals surface area contributed by atoms with E-state index in [9.17, 15) is 19.5 Å². The van der Waals surface area contributed by atoms with Crippen LogP contribution in [0.3, 0.4) is 0 Å².